The summed E-state index contributed by atoms with van der Waals surface area (Å²) in [6.45, 7) is 12.0. The molecule has 0 radical (unpaired) electrons. The number of aromatic amines is 1. The van der Waals surface area contributed by atoms with E-state index in [-0.39, 0.29) is 6.54 Å². The molecule has 0 fully saturated rings. The zero-order valence-electron chi connectivity index (χ0n) is 10.9. The van der Waals surface area contributed by atoms with Gasteiger partial charge in [0, 0.05) is 6.20 Å². The predicted octanol–water partition coefficient (Wildman–Crippen LogP) is 3.22. The molecule has 2 aromatic rings. The van der Waals surface area contributed by atoms with Crippen molar-refractivity contribution in [3.8, 4) is 5.88 Å². The number of ether oxygens (including phenoxy) is 2. The van der Waals surface area contributed by atoms with Crippen LogP contribution in [0.3, 0.4) is 0 Å². The van der Waals surface area contributed by atoms with E-state index in [1.54, 1.807) is 18.3 Å². The lowest BCUT2D eigenvalue weighted by atomic mass is 10.2. The minimum absolute atomic E-state index is 0.274. The molecule has 20 heavy (non-hydrogen) atoms. The number of nitrogens with one attached hydrogen (secondary N) is 1. The molecule has 0 aliphatic heterocycles. The molecule has 0 saturated carbocycles. The van der Waals surface area contributed by atoms with Crippen LogP contribution >= 0.6 is 11.6 Å². The van der Waals surface area contributed by atoms with Crippen molar-refractivity contribution >= 4 is 22.6 Å². The molecule has 2 rings (SSSR count). The molecule has 0 aliphatic carbocycles. The van der Waals surface area contributed by atoms with Gasteiger partial charge in [0.05, 0.1) is 24.3 Å². The Morgan fingerprint density at radius 2 is 2.35 bits per heavy atom. The summed E-state index contributed by atoms with van der Waals surface area (Å²) in [7, 11) is 0. The van der Waals surface area contributed by atoms with Gasteiger partial charge in [0.15, 0.2) is 0 Å². The van der Waals surface area contributed by atoms with Gasteiger partial charge in [0.25, 0.3) is 0 Å². The van der Waals surface area contributed by atoms with Crippen molar-refractivity contribution in [3.05, 3.63) is 46.9 Å². The summed E-state index contributed by atoms with van der Waals surface area (Å²) in [4.78, 5) is 10.8. The molecule has 0 unspecified atom stereocenters. The lowest BCUT2D eigenvalue weighted by Gasteiger charge is -2.07. The first-order valence-corrected chi connectivity index (χ1v) is 6.45. The zero-order valence-corrected chi connectivity index (χ0v) is 11.6. The van der Waals surface area contributed by atoms with E-state index in [0.29, 0.717) is 36.2 Å². The molecule has 1 N–H and O–H groups in total. The van der Waals surface area contributed by atoms with Gasteiger partial charge in [-0.05, 0) is 6.07 Å². The van der Waals surface area contributed by atoms with Gasteiger partial charge < -0.3 is 19.3 Å². The third-order valence-corrected chi connectivity index (χ3v) is 2.87. The fourth-order valence-electron chi connectivity index (χ4n) is 1.73. The number of hydrogen-bond donors (Lipinski definition) is 1. The summed E-state index contributed by atoms with van der Waals surface area (Å²) in [6.07, 6.45) is 3.44. The Morgan fingerprint density at radius 1 is 1.50 bits per heavy atom. The van der Waals surface area contributed by atoms with E-state index in [1.165, 1.54) is 0 Å². The van der Waals surface area contributed by atoms with E-state index in [2.05, 4.69) is 21.4 Å². The molecule has 5 nitrogen and oxygen atoms in total. The maximum Gasteiger partial charge on any atom is 0.243 e. The smallest absolute Gasteiger partial charge is 0.243 e. The number of rotatable bonds is 7. The molecular weight excluding hydrogens is 278 g/mol. The van der Waals surface area contributed by atoms with Gasteiger partial charge in [0.1, 0.15) is 17.1 Å². The van der Waals surface area contributed by atoms with Gasteiger partial charge >= 0.3 is 0 Å². The first-order chi connectivity index (χ1) is 9.76. The predicted molar refractivity (Wildman–Crippen MR) is 77.9 cm³/mol. The summed E-state index contributed by atoms with van der Waals surface area (Å²) in [5.74, 6) is 0.354. The summed E-state index contributed by atoms with van der Waals surface area (Å²) >= 11 is 6.10. The van der Waals surface area contributed by atoms with E-state index >= 15 is 0 Å². The molecule has 0 atom stereocenters. The van der Waals surface area contributed by atoms with E-state index in [4.69, 9.17) is 27.6 Å². The van der Waals surface area contributed by atoms with Crippen molar-refractivity contribution in [1.29, 1.82) is 0 Å². The minimum Gasteiger partial charge on any atom is -0.474 e. The van der Waals surface area contributed by atoms with Crippen LogP contribution in [0.1, 0.15) is 5.56 Å². The van der Waals surface area contributed by atoms with Crippen LogP contribution in [-0.2, 0) is 11.3 Å². The molecule has 0 aromatic carbocycles. The molecule has 0 bridgehead atoms. The first-order valence-electron chi connectivity index (χ1n) is 6.07. The van der Waals surface area contributed by atoms with Crippen molar-refractivity contribution in [2.24, 2.45) is 0 Å². The van der Waals surface area contributed by atoms with Crippen LogP contribution in [0.5, 0.6) is 5.88 Å². The summed E-state index contributed by atoms with van der Waals surface area (Å²) in [6, 6.07) is 1.75. The van der Waals surface area contributed by atoms with Crippen LogP contribution < -0.4 is 4.74 Å². The molecule has 6 heteroatoms. The van der Waals surface area contributed by atoms with Gasteiger partial charge in [-0.1, -0.05) is 17.7 Å². The highest BCUT2D eigenvalue weighted by Gasteiger charge is 2.12. The Hall–Kier alpha value is -2.03. The van der Waals surface area contributed by atoms with Crippen LogP contribution in [0.2, 0.25) is 5.02 Å². The molecule has 2 heterocycles. The Kier molecular flexibility index (Phi) is 4.99. The highest BCUT2D eigenvalue weighted by Crippen LogP contribution is 2.28. The van der Waals surface area contributed by atoms with Gasteiger partial charge in [-0.3, -0.25) is 0 Å². The average molecular weight is 292 g/mol. The second kappa shape index (κ2) is 6.94. The van der Waals surface area contributed by atoms with Crippen molar-refractivity contribution in [3.63, 3.8) is 0 Å². The number of nitrogens with zero attached hydrogens (tertiary/aromatic N) is 2. The van der Waals surface area contributed by atoms with E-state index < -0.39 is 0 Å². The largest absolute Gasteiger partial charge is 0.474 e. The molecule has 0 amide bonds. The minimum atomic E-state index is 0.274. The fraction of sp³-hybridized carbons (Fsp3) is 0.286. The van der Waals surface area contributed by atoms with Crippen LogP contribution in [0.4, 0.5) is 0 Å². The monoisotopic (exact) mass is 291 g/mol. The summed E-state index contributed by atoms with van der Waals surface area (Å²) in [5.41, 5.74) is 2.34. The number of hydrogen-bond acceptors (Lipinski definition) is 3. The quantitative estimate of drug-likeness (QED) is 0.484. The SMILES string of the molecule is [C-]#[N+]Cc1c[nH]c2cc(Cl)c(OCCOCC=C)nc12. The highest BCUT2D eigenvalue weighted by atomic mass is 35.5. The van der Waals surface area contributed by atoms with Crippen molar-refractivity contribution in [1.82, 2.24) is 9.97 Å². The molecule has 0 spiro atoms. The van der Waals surface area contributed by atoms with Gasteiger partial charge in [0.2, 0.25) is 12.4 Å². The zero-order chi connectivity index (χ0) is 14.4. The normalized spacial score (nSPS) is 10.4. The van der Waals surface area contributed by atoms with Crippen LogP contribution in [0.15, 0.2) is 24.9 Å². The Bertz CT molecular complexity index is 646. The number of fused-ring (bicyclic) bond motifs is 1. The van der Waals surface area contributed by atoms with E-state index in [9.17, 15) is 0 Å². The first kappa shape index (κ1) is 14.4. The van der Waals surface area contributed by atoms with E-state index in [1.807, 2.05) is 0 Å². The number of H-pyrrole nitrogens is 1. The van der Waals surface area contributed by atoms with Gasteiger partial charge in [-0.2, -0.15) is 0 Å². The Balaban J connectivity index is 2.12. The van der Waals surface area contributed by atoms with Crippen LogP contribution in [0.25, 0.3) is 15.9 Å². The molecule has 104 valence electrons. The summed E-state index contributed by atoms with van der Waals surface area (Å²) < 4.78 is 10.7. The third-order valence-electron chi connectivity index (χ3n) is 2.60. The topological polar surface area (TPSA) is 51.5 Å². The summed E-state index contributed by atoms with van der Waals surface area (Å²) in [5, 5.41) is 0.428. The lowest BCUT2D eigenvalue weighted by Crippen LogP contribution is -2.07. The second-order valence-electron chi connectivity index (χ2n) is 4.01. The number of pyridine rings is 1. The van der Waals surface area contributed by atoms with E-state index in [0.717, 1.165) is 11.1 Å². The fourth-order valence-corrected chi connectivity index (χ4v) is 1.94. The van der Waals surface area contributed by atoms with Gasteiger partial charge in [-0.15, -0.1) is 6.58 Å². The molecule has 0 saturated heterocycles. The van der Waals surface area contributed by atoms with Crippen LogP contribution in [0, 0.1) is 6.57 Å². The van der Waals surface area contributed by atoms with Gasteiger partial charge in [-0.25, -0.2) is 11.6 Å². The van der Waals surface area contributed by atoms with Crippen molar-refractivity contribution in [2.75, 3.05) is 19.8 Å². The molecular formula is C14H14ClN3O2. The maximum absolute atomic E-state index is 6.93. The third kappa shape index (κ3) is 3.29. The Morgan fingerprint density at radius 3 is 3.10 bits per heavy atom. The highest BCUT2D eigenvalue weighted by molar-refractivity contribution is 6.32. The molecule has 2 aromatic heterocycles. The van der Waals surface area contributed by atoms with Crippen LogP contribution in [-0.4, -0.2) is 29.8 Å². The van der Waals surface area contributed by atoms with Crippen molar-refractivity contribution < 1.29 is 9.47 Å². The maximum atomic E-state index is 6.93. The number of halogens is 1. The number of aromatic nitrogens is 2. The van der Waals surface area contributed by atoms with Crippen molar-refractivity contribution in [2.45, 2.75) is 6.54 Å². The Labute approximate surface area is 122 Å². The molecule has 0 aliphatic rings. The second-order valence-corrected chi connectivity index (χ2v) is 4.42. The lowest BCUT2D eigenvalue weighted by molar-refractivity contribution is 0.119. The average Bonchev–Trinajstić information content (AvgIpc) is 2.81. The standard InChI is InChI=1S/C14H14ClN3O2/c1-3-4-19-5-6-20-14-11(15)7-12-13(18-14)10(8-16-2)9-17-12/h3,7,9,17H,1,4-6,8H2.